The Morgan fingerprint density at radius 3 is 2.93 bits per heavy atom. The molecule has 0 saturated carbocycles. The Morgan fingerprint density at radius 2 is 2.29 bits per heavy atom. The third-order valence-electron chi connectivity index (χ3n) is 2.01. The largest absolute Gasteiger partial charge is 0.382 e. The molecule has 0 spiro atoms. The Morgan fingerprint density at radius 1 is 1.57 bits per heavy atom. The summed E-state index contributed by atoms with van der Waals surface area (Å²) >= 11 is 5.84. The first-order valence-corrected chi connectivity index (χ1v) is 4.46. The number of pyridine rings is 1. The maximum Gasteiger partial charge on any atom is 0.142 e. The zero-order valence-corrected chi connectivity index (χ0v) is 8.34. The number of hydrogen-bond donors (Lipinski definition) is 2. The van der Waals surface area contributed by atoms with E-state index in [1.165, 1.54) is 0 Å². The van der Waals surface area contributed by atoms with Crippen LogP contribution in [0.4, 0.5) is 0 Å². The molecule has 5 heteroatoms. The summed E-state index contributed by atoms with van der Waals surface area (Å²) in [5.74, 6) is -0.00253. The molecule has 14 heavy (non-hydrogen) atoms. The summed E-state index contributed by atoms with van der Waals surface area (Å²) < 4.78 is 1.72. The number of halogens is 1. The first kappa shape index (κ1) is 9.02. The highest BCUT2D eigenvalue weighted by atomic mass is 35.5. The van der Waals surface area contributed by atoms with Gasteiger partial charge in [-0.2, -0.15) is 0 Å². The van der Waals surface area contributed by atoms with Gasteiger partial charge in [-0.25, -0.2) is 4.98 Å². The van der Waals surface area contributed by atoms with Gasteiger partial charge in [-0.05, 0) is 19.1 Å². The van der Waals surface area contributed by atoms with Crippen molar-refractivity contribution in [2.75, 3.05) is 0 Å². The lowest BCUT2D eigenvalue weighted by Gasteiger charge is -2.00. The van der Waals surface area contributed by atoms with E-state index in [2.05, 4.69) is 4.98 Å². The minimum absolute atomic E-state index is 0.00253. The number of aromatic nitrogens is 2. The predicted molar refractivity (Wildman–Crippen MR) is 56.0 cm³/mol. The molecular formula is C9H9ClN4. The molecule has 0 aliphatic carbocycles. The molecular weight excluding hydrogens is 200 g/mol. The molecule has 2 rings (SSSR count). The van der Waals surface area contributed by atoms with Crippen LogP contribution in [-0.4, -0.2) is 15.2 Å². The van der Waals surface area contributed by atoms with Crippen molar-refractivity contribution in [3.05, 3.63) is 34.7 Å². The Bertz CT molecular complexity index is 515. The molecule has 4 nitrogen and oxygen atoms in total. The summed E-state index contributed by atoms with van der Waals surface area (Å²) in [6.07, 6.45) is 1.70. The second-order valence-corrected chi connectivity index (χ2v) is 3.47. The summed E-state index contributed by atoms with van der Waals surface area (Å²) in [7, 11) is 0. The van der Waals surface area contributed by atoms with E-state index in [0.29, 0.717) is 10.7 Å². The van der Waals surface area contributed by atoms with Gasteiger partial charge in [0.05, 0.1) is 10.7 Å². The van der Waals surface area contributed by atoms with Gasteiger partial charge in [0, 0.05) is 6.20 Å². The second-order valence-electron chi connectivity index (χ2n) is 3.04. The van der Waals surface area contributed by atoms with Crippen LogP contribution in [0.25, 0.3) is 5.65 Å². The number of amidine groups is 1. The van der Waals surface area contributed by atoms with Crippen molar-refractivity contribution >= 4 is 23.1 Å². The fourth-order valence-corrected chi connectivity index (χ4v) is 1.62. The molecule has 0 saturated heterocycles. The van der Waals surface area contributed by atoms with Crippen LogP contribution in [0.15, 0.2) is 18.3 Å². The van der Waals surface area contributed by atoms with Crippen LogP contribution in [0, 0.1) is 12.3 Å². The first-order valence-electron chi connectivity index (χ1n) is 4.08. The van der Waals surface area contributed by atoms with Gasteiger partial charge < -0.3 is 5.73 Å². The Labute approximate surface area is 85.8 Å². The number of nitrogens with two attached hydrogens (primary N) is 1. The molecule has 72 valence electrons. The Kier molecular flexibility index (Phi) is 1.93. The third kappa shape index (κ3) is 1.24. The van der Waals surface area contributed by atoms with Crippen molar-refractivity contribution in [3.63, 3.8) is 0 Å². The van der Waals surface area contributed by atoms with Crippen molar-refractivity contribution in [1.82, 2.24) is 9.38 Å². The summed E-state index contributed by atoms with van der Waals surface area (Å²) in [5.41, 5.74) is 7.54. The number of fused-ring (bicyclic) bond motifs is 1. The van der Waals surface area contributed by atoms with Crippen LogP contribution < -0.4 is 5.73 Å². The van der Waals surface area contributed by atoms with Crippen LogP contribution in [0.2, 0.25) is 5.02 Å². The van der Waals surface area contributed by atoms with Gasteiger partial charge in [0.1, 0.15) is 17.2 Å². The van der Waals surface area contributed by atoms with Crippen molar-refractivity contribution in [1.29, 1.82) is 5.41 Å². The van der Waals surface area contributed by atoms with Crippen LogP contribution in [0.3, 0.4) is 0 Å². The number of rotatable bonds is 1. The van der Waals surface area contributed by atoms with E-state index in [1.54, 1.807) is 22.7 Å². The molecule has 2 aromatic rings. The molecule has 0 radical (unpaired) electrons. The fraction of sp³-hybridized carbons (Fsp3) is 0.111. The quantitative estimate of drug-likeness (QED) is 0.552. The monoisotopic (exact) mass is 208 g/mol. The zero-order valence-electron chi connectivity index (χ0n) is 7.58. The molecule has 3 N–H and O–H groups in total. The highest BCUT2D eigenvalue weighted by Gasteiger charge is 2.10. The highest BCUT2D eigenvalue weighted by molar-refractivity contribution is 6.30. The first-order chi connectivity index (χ1) is 6.59. The minimum atomic E-state index is -0.00253. The normalized spacial score (nSPS) is 10.7. The van der Waals surface area contributed by atoms with Crippen LogP contribution >= 0.6 is 11.6 Å². The zero-order chi connectivity index (χ0) is 10.3. The minimum Gasteiger partial charge on any atom is -0.382 e. The van der Waals surface area contributed by atoms with E-state index in [1.807, 2.05) is 6.92 Å². The van der Waals surface area contributed by atoms with E-state index < -0.39 is 0 Å². The number of aryl methyl sites for hydroxylation is 1. The van der Waals surface area contributed by atoms with Crippen LogP contribution in [-0.2, 0) is 0 Å². The summed E-state index contributed by atoms with van der Waals surface area (Å²) in [6, 6.07) is 3.55. The van der Waals surface area contributed by atoms with Gasteiger partial charge in [0.25, 0.3) is 0 Å². The average Bonchev–Trinajstić information content (AvgIpc) is 2.40. The maximum absolute atomic E-state index is 7.42. The molecule has 0 fully saturated rings. The summed E-state index contributed by atoms with van der Waals surface area (Å²) in [6.45, 7) is 1.82. The molecule has 0 unspecified atom stereocenters. The van der Waals surface area contributed by atoms with Crippen molar-refractivity contribution in [2.45, 2.75) is 6.92 Å². The van der Waals surface area contributed by atoms with E-state index in [-0.39, 0.29) is 5.84 Å². The number of nitrogens with one attached hydrogen (secondary N) is 1. The lowest BCUT2D eigenvalue weighted by Crippen LogP contribution is -2.15. The second kappa shape index (κ2) is 2.99. The molecule has 0 aliphatic rings. The Hall–Kier alpha value is -1.55. The highest BCUT2D eigenvalue weighted by Crippen LogP contribution is 2.15. The lowest BCUT2D eigenvalue weighted by molar-refractivity contribution is 1.14. The van der Waals surface area contributed by atoms with Gasteiger partial charge in [-0.1, -0.05) is 11.6 Å². The molecule has 2 aromatic heterocycles. The SMILES string of the molecule is Cc1nc2ccc(Cl)cn2c1C(=N)N. The average molecular weight is 209 g/mol. The van der Waals surface area contributed by atoms with E-state index >= 15 is 0 Å². The predicted octanol–water partition coefficient (Wildman–Crippen LogP) is 1.58. The summed E-state index contributed by atoms with van der Waals surface area (Å²) in [4.78, 5) is 4.26. The molecule has 0 amide bonds. The van der Waals surface area contributed by atoms with Gasteiger partial charge >= 0.3 is 0 Å². The van der Waals surface area contributed by atoms with Gasteiger partial charge in [-0.3, -0.25) is 9.81 Å². The summed E-state index contributed by atoms with van der Waals surface area (Å²) in [5, 5.41) is 8.01. The third-order valence-corrected chi connectivity index (χ3v) is 2.24. The number of imidazole rings is 1. The molecule has 0 aliphatic heterocycles. The molecule has 0 atom stereocenters. The van der Waals surface area contributed by atoms with E-state index in [4.69, 9.17) is 22.7 Å². The van der Waals surface area contributed by atoms with Gasteiger partial charge in [0.15, 0.2) is 0 Å². The molecule has 0 aromatic carbocycles. The molecule has 0 bridgehead atoms. The van der Waals surface area contributed by atoms with Crippen molar-refractivity contribution in [2.24, 2.45) is 5.73 Å². The number of nitrogen functional groups attached to an aromatic ring is 1. The van der Waals surface area contributed by atoms with Gasteiger partial charge in [0.2, 0.25) is 0 Å². The van der Waals surface area contributed by atoms with Crippen LogP contribution in [0.5, 0.6) is 0 Å². The topological polar surface area (TPSA) is 67.2 Å². The Balaban J connectivity index is 2.86. The van der Waals surface area contributed by atoms with Crippen LogP contribution in [0.1, 0.15) is 11.4 Å². The lowest BCUT2D eigenvalue weighted by atomic mass is 10.3. The smallest absolute Gasteiger partial charge is 0.142 e. The standard InChI is InChI=1S/C9H9ClN4/c1-5-8(9(11)12)14-4-6(10)2-3-7(14)13-5/h2-4H,1H3,(H3,11,12). The fourth-order valence-electron chi connectivity index (χ4n) is 1.46. The van der Waals surface area contributed by atoms with Crippen molar-refractivity contribution in [3.8, 4) is 0 Å². The van der Waals surface area contributed by atoms with E-state index in [0.717, 1.165) is 11.3 Å². The maximum atomic E-state index is 7.42. The van der Waals surface area contributed by atoms with Gasteiger partial charge in [-0.15, -0.1) is 0 Å². The van der Waals surface area contributed by atoms with E-state index in [9.17, 15) is 0 Å². The number of hydrogen-bond acceptors (Lipinski definition) is 2. The van der Waals surface area contributed by atoms with Crippen molar-refractivity contribution < 1.29 is 0 Å². The number of nitrogens with zero attached hydrogens (tertiary/aromatic N) is 2. The molecule has 2 heterocycles.